The molecule has 31 heavy (non-hydrogen) atoms. The first kappa shape index (κ1) is 37.5. The first-order valence-electron chi connectivity index (χ1n) is 10.1. The Morgan fingerprint density at radius 3 is 0.710 bits per heavy atom. The Balaban J connectivity index is -0.000000461. The van der Waals surface area contributed by atoms with Gasteiger partial charge in [0.1, 0.15) is 0 Å². The molecule has 4 radical (unpaired) electrons. The monoisotopic (exact) mass is 780 g/mol. The second-order valence-electron chi connectivity index (χ2n) is 6.48. The Kier molecular flexibility index (Phi) is 36.2. The van der Waals surface area contributed by atoms with Crippen molar-refractivity contribution in [3.8, 4) is 0 Å². The van der Waals surface area contributed by atoms with E-state index in [1.54, 1.807) is 0 Å². The fourth-order valence-electron chi connectivity index (χ4n) is 2.21. The maximum Gasteiger partial charge on any atom is 2.00 e. The van der Waals surface area contributed by atoms with Gasteiger partial charge in [-0.05, 0) is 13.8 Å². The predicted molar refractivity (Wildman–Crippen MR) is 110 cm³/mol. The van der Waals surface area contributed by atoms with Crippen LogP contribution in [0.2, 0.25) is 0 Å². The molecule has 0 aromatic heterocycles. The van der Waals surface area contributed by atoms with E-state index in [0.29, 0.717) is 106 Å². The van der Waals surface area contributed by atoms with Gasteiger partial charge < -0.3 is 85.8 Å². The summed E-state index contributed by atoms with van der Waals surface area (Å²) in [5.74, 6) is 0.381. The molecular weight excluding hydrogens is 741 g/mol. The summed E-state index contributed by atoms with van der Waals surface area (Å²) in [6.45, 7) is 17.8. The van der Waals surface area contributed by atoms with Gasteiger partial charge in [0.15, 0.2) is 0 Å². The van der Waals surface area contributed by atoms with E-state index in [0.717, 1.165) is 0 Å². The smallest absolute Gasteiger partial charge is 1.00 e. The third kappa shape index (κ3) is 28.1. The fraction of sp³-hybridized carbons (Fsp3) is 0.900. The molecule has 0 aliphatic carbocycles. The summed E-state index contributed by atoms with van der Waals surface area (Å²) >= 11 is 0. The van der Waals surface area contributed by atoms with Crippen LogP contribution >= 0.6 is 0 Å². The number of rotatable bonds is 0. The summed E-state index contributed by atoms with van der Waals surface area (Å²) < 4.78 is 42.5. The molecule has 0 aromatic rings. The van der Waals surface area contributed by atoms with Crippen LogP contribution in [0, 0.1) is 25.7 Å². The molecule has 184 valence electrons. The average molecular weight is 779 g/mol. The number of ether oxygens (including phenoxy) is 8. The Labute approximate surface area is 239 Å². The molecule has 8 nitrogen and oxygen atoms in total. The van der Waals surface area contributed by atoms with Crippen molar-refractivity contribution in [3.63, 3.8) is 0 Å². The van der Waals surface area contributed by atoms with Crippen molar-refractivity contribution < 1.29 is 85.8 Å². The molecule has 2 aliphatic rings. The van der Waals surface area contributed by atoms with Gasteiger partial charge in [0, 0.05) is 11.8 Å². The number of hydrogen-bond acceptors (Lipinski definition) is 8. The molecule has 2 fully saturated rings. The summed E-state index contributed by atoms with van der Waals surface area (Å²) in [5, 5.41) is 0. The van der Waals surface area contributed by atoms with Crippen LogP contribution in [0.5, 0.6) is 0 Å². The van der Waals surface area contributed by atoms with Gasteiger partial charge in [-0.3, -0.25) is 0 Å². The molecule has 2 aliphatic heterocycles. The van der Waals surface area contributed by atoms with E-state index in [-0.39, 0.29) is 83.7 Å². The molecule has 0 spiro atoms. The molecule has 2 rings (SSSR count). The van der Waals surface area contributed by atoms with Crippen LogP contribution in [0.3, 0.4) is 0 Å². The Hall–Kier alpha value is 1.94. The predicted octanol–water partition coefficient (Wildman–Crippen LogP) is -5.34. The Morgan fingerprint density at radius 1 is 0.355 bits per heavy atom. The first-order chi connectivity index (χ1) is 13.8. The van der Waals surface area contributed by atoms with Gasteiger partial charge in [-0.2, -0.15) is 0 Å². The van der Waals surface area contributed by atoms with Crippen molar-refractivity contribution in [2.75, 3.05) is 106 Å². The van der Waals surface area contributed by atoms with Crippen molar-refractivity contribution in [1.29, 1.82) is 0 Å². The molecule has 0 aromatic carbocycles. The third-order valence-corrected chi connectivity index (χ3v) is 3.65. The van der Waals surface area contributed by atoms with E-state index < -0.39 is 0 Å². The summed E-state index contributed by atoms with van der Waals surface area (Å²) in [7, 11) is 0. The molecular formula is C20H38I2O8Sn. The van der Waals surface area contributed by atoms with E-state index >= 15 is 0 Å². The zero-order valence-corrected chi connectivity index (χ0v) is 25.6. The maximum atomic E-state index is 5.35. The van der Waals surface area contributed by atoms with Crippen molar-refractivity contribution in [3.05, 3.63) is 13.8 Å². The van der Waals surface area contributed by atoms with Crippen LogP contribution < -0.4 is 48.0 Å². The second kappa shape index (κ2) is 30.0. The van der Waals surface area contributed by atoms with E-state index in [2.05, 4.69) is 13.8 Å². The first-order valence-corrected chi connectivity index (χ1v) is 10.1. The van der Waals surface area contributed by atoms with Crippen molar-refractivity contribution in [2.24, 2.45) is 11.8 Å². The molecule has 0 unspecified atom stereocenters. The van der Waals surface area contributed by atoms with Gasteiger partial charge in [0.2, 0.25) is 0 Å². The van der Waals surface area contributed by atoms with E-state index in [1.165, 1.54) is 0 Å². The van der Waals surface area contributed by atoms with Gasteiger partial charge in [-0.15, -0.1) is 0 Å². The largest absolute Gasteiger partial charge is 2.00 e. The Morgan fingerprint density at radius 2 is 0.516 bits per heavy atom. The summed E-state index contributed by atoms with van der Waals surface area (Å²) in [6, 6.07) is 0. The maximum absolute atomic E-state index is 5.35. The van der Waals surface area contributed by atoms with Crippen LogP contribution in [-0.4, -0.2) is 130 Å². The quantitative estimate of drug-likeness (QED) is 0.179. The number of halogens is 2. The van der Waals surface area contributed by atoms with Gasteiger partial charge in [-0.25, -0.2) is 0 Å². The minimum Gasteiger partial charge on any atom is -1.00 e. The van der Waals surface area contributed by atoms with Crippen LogP contribution in [0.15, 0.2) is 0 Å². The standard InChI is InChI=1S/2C10H19O4.2HI.Sn/c2*1-10-8-13-6-4-11-2-3-12-5-7-14-9-10;;;/h2*10H,1-9H2;2*1H;/q;;;;+2/p-2. The molecule has 0 bridgehead atoms. The minimum absolute atomic E-state index is 0. The van der Waals surface area contributed by atoms with Gasteiger partial charge in [0.05, 0.1) is 106 Å². The van der Waals surface area contributed by atoms with Gasteiger partial charge >= 0.3 is 23.9 Å². The molecule has 0 saturated carbocycles. The SMILES string of the molecule is [CH2]C1COCCOCCOCCOC1.[CH2]C1COCCOCCOCCOC1.[I-].[I-].[Sn+2]. The topological polar surface area (TPSA) is 73.8 Å². The molecule has 0 amide bonds. The normalized spacial score (nSPS) is 22.3. The van der Waals surface area contributed by atoms with E-state index in [4.69, 9.17) is 37.9 Å². The van der Waals surface area contributed by atoms with E-state index in [1.807, 2.05) is 0 Å². The number of hydrogen-bond donors (Lipinski definition) is 0. The molecule has 0 atom stereocenters. The summed E-state index contributed by atoms with van der Waals surface area (Å²) in [6.07, 6.45) is 0. The summed E-state index contributed by atoms with van der Waals surface area (Å²) in [5.41, 5.74) is 0. The van der Waals surface area contributed by atoms with Crippen LogP contribution in [0.1, 0.15) is 0 Å². The third-order valence-electron chi connectivity index (χ3n) is 3.65. The second-order valence-corrected chi connectivity index (χ2v) is 6.48. The molecule has 0 N–H and O–H groups in total. The summed E-state index contributed by atoms with van der Waals surface area (Å²) in [4.78, 5) is 0. The van der Waals surface area contributed by atoms with Crippen LogP contribution in [0.4, 0.5) is 0 Å². The van der Waals surface area contributed by atoms with Crippen LogP contribution in [0.25, 0.3) is 0 Å². The average Bonchev–Trinajstić information content (AvgIpc) is 2.73. The fourth-order valence-corrected chi connectivity index (χ4v) is 2.21. The van der Waals surface area contributed by atoms with Crippen LogP contribution in [-0.2, 0) is 37.9 Å². The molecule has 11 heteroatoms. The zero-order valence-electron chi connectivity index (χ0n) is 18.4. The van der Waals surface area contributed by atoms with Gasteiger partial charge in [0.25, 0.3) is 0 Å². The van der Waals surface area contributed by atoms with E-state index in [9.17, 15) is 0 Å². The molecule has 2 heterocycles. The van der Waals surface area contributed by atoms with Crippen molar-refractivity contribution >= 4 is 23.9 Å². The molecule has 2 saturated heterocycles. The van der Waals surface area contributed by atoms with Gasteiger partial charge in [-0.1, -0.05) is 0 Å². The zero-order chi connectivity index (χ0) is 20.1. The van der Waals surface area contributed by atoms with Crippen molar-refractivity contribution in [1.82, 2.24) is 0 Å². The van der Waals surface area contributed by atoms with Crippen molar-refractivity contribution in [2.45, 2.75) is 0 Å². The minimum atomic E-state index is 0. The Bertz CT molecular complexity index is 278.